The average Bonchev–Trinajstić information content (AvgIpc) is 0.901. The van der Waals surface area contributed by atoms with Gasteiger partial charge in [-0.05, 0) is 188 Å². The van der Waals surface area contributed by atoms with Gasteiger partial charge in [0.05, 0.1) is 43.7 Å². The number of rotatable bonds is 34. The molecule has 1 aliphatic heterocycles. The molecule has 3 unspecified atom stereocenters. The Hall–Kier alpha value is -2.78. The Morgan fingerprint density at radius 1 is 0.559 bits per heavy atom. The summed E-state index contributed by atoms with van der Waals surface area (Å²) in [5.74, 6) is 1.75. The van der Waals surface area contributed by atoms with E-state index in [2.05, 4.69) is 279 Å². The van der Waals surface area contributed by atoms with Gasteiger partial charge in [-0.1, -0.05) is 281 Å². The van der Waals surface area contributed by atoms with Crippen LogP contribution in [-0.2, 0) is 72.3 Å². The third-order valence-corrected chi connectivity index (χ3v) is 47.0. The molecule has 1 saturated heterocycles. The van der Waals surface area contributed by atoms with Gasteiger partial charge in [-0.15, -0.1) is 0 Å². The minimum atomic E-state index is -2.08. The third kappa shape index (κ3) is 29.9. The normalized spacial score (nSPS) is 21.3. The summed E-state index contributed by atoms with van der Waals surface area (Å²) >= 11 is 3.54. The zero-order valence-electron chi connectivity index (χ0n) is 72.5. The van der Waals surface area contributed by atoms with Gasteiger partial charge >= 0.3 is 57.4 Å². The maximum absolute atomic E-state index is 12.3. The maximum atomic E-state index is 12.3. The topological polar surface area (TPSA) is 151 Å². The molecule has 2 saturated carbocycles. The summed E-state index contributed by atoms with van der Waals surface area (Å²) in [5.41, 5.74) is 5.01. The van der Waals surface area contributed by atoms with E-state index in [1.165, 1.54) is 45.1 Å². The van der Waals surface area contributed by atoms with E-state index in [-0.39, 0.29) is 144 Å². The van der Waals surface area contributed by atoms with Crippen molar-refractivity contribution in [3.63, 3.8) is 0 Å². The molecule has 610 valence electrons. The molecule has 5 aromatic carbocycles. The van der Waals surface area contributed by atoms with Crippen LogP contribution >= 0.6 is 22.8 Å². The first-order valence-electron chi connectivity index (χ1n) is 40.5. The number of halogens is 1. The molecule has 111 heavy (non-hydrogen) atoms. The third-order valence-electron chi connectivity index (χ3n) is 24.3. The molecule has 3 aliphatic rings. The minimum Gasteiger partial charge on any atom is -0.550 e. The molecule has 11 atom stereocenters. The molecule has 0 bridgehead atoms. The molecular weight excluding hydrogens is 1560 g/mol. The summed E-state index contributed by atoms with van der Waals surface area (Å²) < 4.78 is 50.9. The number of carboxylic acids is 1. The summed E-state index contributed by atoms with van der Waals surface area (Å²) in [6, 6.07) is 48.5. The van der Waals surface area contributed by atoms with Gasteiger partial charge in [0.1, 0.15) is 6.10 Å². The number of esters is 1. The van der Waals surface area contributed by atoms with E-state index in [4.69, 9.17) is 36.7 Å². The second-order valence-electron chi connectivity index (χ2n) is 36.8. The van der Waals surface area contributed by atoms with Crippen LogP contribution in [0.3, 0.4) is 0 Å². The van der Waals surface area contributed by atoms with Crippen LogP contribution in [0.1, 0.15) is 176 Å². The van der Waals surface area contributed by atoms with Crippen molar-refractivity contribution in [1.82, 2.24) is 0 Å². The Kier molecular flexibility index (Phi) is 39.9. The summed E-state index contributed by atoms with van der Waals surface area (Å²) in [5, 5.41) is 26.4. The number of methoxy groups -OCH3 is 2. The quantitative estimate of drug-likeness (QED) is 0.0104. The molecule has 0 amide bonds. The fourth-order valence-corrected chi connectivity index (χ4v) is 23.7. The minimum absolute atomic E-state index is 0. The Morgan fingerprint density at radius 2 is 0.973 bits per heavy atom. The molecule has 0 spiro atoms. The van der Waals surface area contributed by atoms with E-state index in [1.807, 2.05) is 54.6 Å². The van der Waals surface area contributed by atoms with E-state index in [9.17, 15) is 19.8 Å². The Balaban J connectivity index is 0.000000308. The number of aliphatic hydroxyl groups excluding tert-OH is 1. The molecule has 3 fully saturated rings. The molecule has 12 nitrogen and oxygen atoms in total. The first-order chi connectivity index (χ1) is 51.5. The van der Waals surface area contributed by atoms with Gasteiger partial charge in [0.25, 0.3) is 0 Å². The zero-order chi connectivity index (χ0) is 81.5. The maximum Gasteiger partial charge on any atom is 1.00 e. The number of allylic oxidation sites excluding steroid dienone is 2. The smallest absolute Gasteiger partial charge is 0.550 e. The van der Waals surface area contributed by atoms with Gasteiger partial charge in [0.2, 0.25) is 0 Å². The van der Waals surface area contributed by atoms with Crippen molar-refractivity contribution in [2.75, 3.05) is 19.5 Å². The Bertz CT molecular complexity index is 3650. The second-order valence-corrected chi connectivity index (χ2v) is 60.0. The predicted octanol–water partition coefficient (Wildman–Crippen LogP) is 18.0. The van der Waals surface area contributed by atoms with Crippen molar-refractivity contribution < 1.29 is 108 Å². The van der Waals surface area contributed by atoms with E-state index in [1.54, 1.807) is 14.2 Å². The van der Waals surface area contributed by atoms with Crippen LogP contribution in [0.5, 0.6) is 0 Å². The average molecular weight is 1700 g/mol. The molecule has 2 aliphatic carbocycles. The summed E-state index contributed by atoms with van der Waals surface area (Å²) in [4.78, 5) is 23.3. The standard InChI is InChI=1S/C38H65BrO5Si2.C32H56O5Si2.C22H21O2P.K/c1-29(40)42-35-27-36(44-46(11,12)38(5,6)7)34(33(35)20-15-13-14-16-25-39)24-23-32(43-45(9,10)37(2,3)4)22-21-30-18-17-19-31(26-30)28-41-8;1-31(2,3)38(8,9)36-25(16-15-23-13-12-14-24(19-23)22-34-7)17-18-26-27-20-30(33)35-28(27)21-29(26)37-39(10,11)32(4,5)6;23-22(24)17-10-18-25(19-11-4-1-5-12-19,20-13-6-2-7-14-20)21-15-8-3-9-16-21;/h13,15,17-19,23-24,26,32-36H,14,16,20-22,25,27-28H2,1-12H3;12-14,17-19,25-30,33H,15-16,20-22H2,1-11H3;1-9,11-16,18H,10,17H2,(H,23,24);/q;;;+1/p-1/b15-13-,24-23+;18-17+;;/t32-,33+,34+,35-,36+;25?,26-,27-,28?,29-,30?;;/m01../s1. The van der Waals surface area contributed by atoms with Crippen molar-refractivity contribution in [2.24, 2.45) is 23.7 Å². The van der Waals surface area contributed by atoms with Crippen LogP contribution in [0, 0.1) is 23.7 Å². The van der Waals surface area contributed by atoms with E-state index >= 15 is 0 Å². The number of benzene rings is 5. The van der Waals surface area contributed by atoms with Crippen LogP contribution in [0.25, 0.3) is 0 Å². The predicted molar refractivity (Wildman–Crippen MR) is 474 cm³/mol. The van der Waals surface area contributed by atoms with Gasteiger partial charge in [-0.2, -0.15) is 0 Å². The van der Waals surface area contributed by atoms with Gasteiger partial charge in [0, 0.05) is 63.0 Å². The molecule has 0 aromatic heterocycles. The van der Waals surface area contributed by atoms with E-state index < -0.39 is 52.4 Å². The number of alkyl halides is 1. The second kappa shape index (κ2) is 44.9. The van der Waals surface area contributed by atoms with Crippen LogP contribution in [0.4, 0.5) is 0 Å². The van der Waals surface area contributed by atoms with Crippen LogP contribution < -0.4 is 72.4 Å². The number of carbonyl (C=O) groups is 2. The van der Waals surface area contributed by atoms with Gasteiger partial charge in [-0.3, -0.25) is 4.79 Å². The van der Waals surface area contributed by atoms with Crippen molar-refractivity contribution >= 4 is 89.7 Å². The number of ether oxygens (including phenoxy) is 4. The van der Waals surface area contributed by atoms with Gasteiger partial charge < -0.3 is 51.7 Å². The fourth-order valence-electron chi connectivity index (χ4n) is 14.1. The van der Waals surface area contributed by atoms with Crippen LogP contribution in [0.15, 0.2) is 176 Å². The van der Waals surface area contributed by atoms with Gasteiger partial charge in [-0.25, -0.2) is 0 Å². The largest absolute Gasteiger partial charge is 1.00 e. The molecular formula is C92H141BrKO12PSi4. The van der Waals surface area contributed by atoms with Crippen molar-refractivity contribution in [3.05, 3.63) is 198 Å². The Morgan fingerprint density at radius 3 is 1.37 bits per heavy atom. The van der Waals surface area contributed by atoms with Crippen LogP contribution in [-0.4, -0.2) is 119 Å². The number of aliphatic carboxylic acids is 1. The number of aliphatic hydroxyl groups is 1. The molecule has 19 heteroatoms. The zero-order valence-corrected chi connectivity index (χ0v) is 82.1. The van der Waals surface area contributed by atoms with Gasteiger partial charge in [0.15, 0.2) is 39.6 Å². The summed E-state index contributed by atoms with van der Waals surface area (Å²) in [6.45, 7) is 47.0. The molecule has 1 N–H and O–H groups in total. The summed E-state index contributed by atoms with van der Waals surface area (Å²) in [7, 11) is -4.59. The molecule has 1 heterocycles. The fraction of sp³-hybridized carbons (Fsp3) is 0.576. The SMILES string of the molecule is COCc1cccc(CCC(/C=C/[C@H]2[C@H](O[Si](C)(C)C(C)(C)C)CC3OC(O)C[C@@H]32)O[Si](C)(C)C(C)(C)C)c1.COCc1cccc(CC[C@@H](/C=C/[C@@H]2[C@@H](C/C=C\CCCBr)[C@@H](OC(C)=O)C[C@H]2O[Si](C)(C)C(C)(C)C)O[Si](C)(C)C(C)(C)C)c1.O=C([O-])CCC=P(c1ccccc1)(c1ccccc1)c1ccccc1.[K+]. The number of aryl methyl sites for hydroxylation is 2. The number of carbonyl (C=O) groups excluding carboxylic acids is 2. The van der Waals surface area contributed by atoms with Crippen molar-refractivity contribution in [1.29, 1.82) is 0 Å². The monoisotopic (exact) mass is 1700 g/mol. The van der Waals surface area contributed by atoms with Crippen molar-refractivity contribution in [3.8, 4) is 0 Å². The van der Waals surface area contributed by atoms with Crippen LogP contribution in [0.2, 0.25) is 72.5 Å². The van der Waals surface area contributed by atoms with E-state index in [0.717, 1.165) is 63.1 Å². The number of hydrogen-bond acceptors (Lipinski definition) is 12. The Labute approximate surface area is 727 Å². The molecule has 8 rings (SSSR count). The number of fused-ring (bicyclic) bond motifs is 1. The first kappa shape index (κ1) is 98.8. The molecule has 0 radical (unpaired) electrons. The first-order valence-corrected chi connectivity index (χ1v) is 55.1. The number of hydrogen-bond donors (Lipinski definition) is 1. The number of carboxylic acid groups (broad SMARTS) is 1. The summed E-state index contributed by atoms with van der Waals surface area (Å²) in [6.07, 6.45) is 22.7. The molecule has 5 aromatic rings. The van der Waals surface area contributed by atoms with E-state index in [0.29, 0.717) is 26.1 Å². The van der Waals surface area contributed by atoms with Crippen molar-refractivity contribution in [2.45, 2.75) is 296 Å². The number of unbranched alkanes of at least 4 members (excludes halogenated alkanes) is 1.